The molecule has 1 rings (SSSR count). The number of hydrogen-bond donors (Lipinski definition) is 2. The van der Waals surface area contributed by atoms with E-state index < -0.39 is 10.0 Å². The number of sulfonamides is 1. The number of urea groups is 1. The van der Waals surface area contributed by atoms with Crippen molar-refractivity contribution in [2.75, 3.05) is 38.7 Å². The molecular formula is C15H25N3O4S. The van der Waals surface area contributed by atoms with Crippen LogP contribution in [0.15, 0.2) is 29.2 Å². The minimum atomic E-state index is -3.54. The van der Waals surface area contributed by atoms with Gasteiger partial charge in [0.1, 0.15) is 0 Å². The lowest BCUT2D eigenvalue weighted by atomic mass is 10.3. The van der Waals surface area contributed by atoms with Crippen molar-refractivity contribution in [3.63, 3.8) is 0 Å². The van der Waals surface area contributed by atoms with Gasteiger partial charge in [0.2, 0.25) is 10.0 Å². The van der Waals surface area contributed by atoms with Gasteiger partial charge in [-0.1, -0.05) is 0 Å². The van der Waals surface area contributed by atoms with E-state index in [2.05, 4.69) is 10.0 Å². The Morgan fingerprint density at radius 1 is 1.17 bits per heavy atom. The predicted octanol–water partition coefficient (Wildman–Crippen LogP) is 1.88. The average molecular weight is 343 g/mol. The third kappa shape index (κ3) is 6.17. The highest BCUT2D eigenvalue weighted by Crippen LogP contribution is 2.14. The quantitative estimate of drug-likeness (QED) is 0.670. The molecule has 0 unspecified atom stereocenters. The monoisotopic (exact) mass is 343 g/mol. The summed E-state index contributed by atoms with van der Waals surface area (Å²) in [5, 5.41) is 2.74. The van der Waals surface area contributed by atoms with E-state index in [9.17, 15) is 13.2 Å². The number of nitrogens with one attached hydrogen (secondary N) is 2. The number of rotatable bonds is 9. The number of anilines is 1. The largest absolute Gasteiger partial charge is 0.385 e. The fraction of sp³-hybridized carbons (Fsp3) is 0.533. The number of hydrogen-bond acceptors (Lipinski definition) is 4. The van der Waals surface area contributed by atoms with Crippen LogP contribution in [0.5, 0.6) is 0 Å². The van der Waals surface area contributed by atoms with Gasteiger partial charge in [0.05, 0.1) is 4.90 Å². The first-order valence-electron chi connectivity index (χ1n) is 7.59. The van der Waals surface area contributed by atoms with Gasteiger partial charge in [-0.15, -0.1) is 0 Å². The predicted molar refractivity (Wildman–Crippen MR) is 90.1 cm³/mol. The van der Waals surface area contributed by atoms with Gasteiger partial charge in [-0.05, 0) is 44.5 Å². The Morgan fingerprint density at radius 3 is 2.30 bits per heavy atom. The smallest absolute Gasteiger partial charge is 0.321 e. The maximum absolute atomic E-state index is 12.1. The summed E-state index contributed by atoms with van der Waals surface area (Å²) < 4.78 is 31.5. The van der Waals surface area contributed by atoms with Crippen LogP contribution in [0.2, 0.25) is 0 Å². The summed E-state index contributed by atoms with van der Waals surface area (Å²) >= 11 is 0. The molecule has 0 aromatic heterocycles. The molecule has 0 atom stereocenters. The summed E-state index contributed by atoms with van der Waals surface area (Å²) in [5.41, 5.74) is 0.556. The average Bonchev–Trinajstić information content (AvgIpc) is 2.53. The Hall–Kier alpha value is -1.64. The molecular weight excluding hydrogens is 318 g/mol. The fourth-order valence-electron chi connectivity index (χ4n) is 1.94. The molecule has 0 heterocycles. The number of carbonyl (C=O) groups excluding carboxylic acids is 1. The highest BCUT2D eigenvalue weighted by molar-refractivity contribution is 7.89. The van der Waals surface area contributed by atoms with Crippen molar-refractivity contribution in [1.82, 2.24) is 9.62 Å². The first-order valence-corrected chi connectivity index (χ1v) is 9.07. The van der Waals surface area contributed by atoms with E-state index >= 15 is 0 Å². The third-order valence-electron chi connectivity index (χ3n) is 3.28. The second-order valence-electron chi connectivity index (χ2n) is 4.87. The molecule has 2 amide bonds. The Balaban J connectivity index is 2.67. The Labute approximate surface area is 138 Å². The number of ether oxygens (including phenoxy) is 1. The molecule has 7 nitrogen and oxygen atoms in total. The summed E-state index contributed by atoms with van der Waals surface area (Å²) in [7, 11) is -1.97. The maximum atomic E-state index is 12.1. The number of amides is 2. The lowest BCUT2D eigenvalue weighted by molar-refractivity contribution is 0.196. The minimum Gasteiger partial charge on any atom is -0.385 e. The van der Waals surface area contributed by atoms with Gasteiger partial charge in [-0.25, -0.2) is 17.9 Å². The van der Waals surface area contributed by atoms with Crippen LogP contribution in [0, 0.1) is 0 Å². The maximum Gasteiger partial charge on any atom is 0.321 e. The van der Waals surface area contributed by atoms with Gasteiger partial charge in [-0.2, -0.15) is 0 Å². The summed E-state index contributed by atoms with van der Waals surface area (Å²) in [4.78, 5) is 13.7. The van der Waals surface area contributed by atoms with Crippen molar-refractivity contribution >= 4 is 21.7 Å². The third-order valence-corrected chi connectivity index (χ3v) is 4.76. The number of nitrogens with zero attached hydrogens (tertiary/aromatic N) is 1. The number of methoxy groups -OCH3 is 1. The van der Waals surface area contributed by atoms with Crippen LogP contribution in [-0.2, 0) is 14.8 Å². The first kappa shape index (κ1) is 19.4. The molecule has 8 heteroatoms. The van der Waals surface area contributed by atoms with Crippen LogP contribution in [0.3, 0.4) is 0 Å². The zero-order chi connectivity index (χ0) is 17.3. The standard InChI is InChI=1S/C15H25N3O4S/c1-4-18(5-2)15(19)17-13-7-9-14(10-8-13)23(20,21)16-11-6-12-22-3/h7-10,16H,4-6,11-12H2,1-3H3,(H,17,19). The van der Waals surface area contributed by atoms with E-state index in [0.29, 0.717) is 38.3 Å². The Bertz CT molecular complexity index is 583. The molecule has 0 bridgehead atoms. The summed E-state index contributed by atoms with van der Waals surface area (Å²) in [6, 6.07) is 5.88. The van der Waals surface area contributed by atoms with E-state index in [1.165, 1.54) is 12.1 Å². The normalized spacial score (nSPS) is 11.3. The van der Waals surface area contributed by atoms with Crippen LogP contribution < -0.4 is 10.0 Å². The molecule has 0 saturated carbocycles. The highest BCUT2D eigenvalue weighted by atomic mass is 32.2. The summed E-state index contributed by atoms with van der Waals surface area (Å²) in [6.07, 6.45) is 0.605. The molecule has 1 aromatic rings. The van der Waals surface area contributed by atoms with Crippen molar-refractivity contribution < 1.29 is 17.9 Å². The van der Waals surface area contributed by atoms with Gasteiger partial charge in [0.25, 0.3) is 0 Å². The van der Waals surface area contributed by atoms with Crippen molar-refractivity contribution in [1.29, 1.82) is 0 Å². The van der Waals surface area contributed by atoms with Crippen molar-refractivity contribution in [2.24, 2.45) is 0 Å². The zero-order valence-electron chi connectivity index (χ0n) is 13.8. The van der Waals surface area contributed by atoms with Crippen molar-refractivity contribution in [3.05, 3.63) is 24.3 Å². The van der Waals surface area contributed by atoms with Crippen molar-refractivity contribution in [3.8, 4) is 0 Å². The van der Waals surface area contributed by atoms with E-state index in [4.69, 9.17) is 4.74 Å². The van der Waals surface area contributed by atoms with Crippen molar-refractivity contribution in [2.45, 2.75) is 25.2 Å². The van der Waals surface area contributed by atoms with Crippen LogP contribution in [0.1, 0.15) is 20.3 Å². The molecule has 0 spiro atoms. The molecule has 130 valence electrons. The molecule has 0 aliphatic carbocycles. The van der Waals surface area contributed by atoms with Crippen LogP contribution in [-0.4, -0.2) is 52.7 Å². The van der Waals surface area contributed by atoms with Crippen LogP contribution in [0.25, 0.3) is 0 Å². The first-order chi connectivity index (χ1) is 10.9. The van der Waals surface area contributed by atoms with Gasteiger partial charge >= 0.3 is 6.03 Å². The molecule has 0 aliphatic heterocycles. The summed E-state index contributed by atoms with van der Waals surface area (Å²) in [6.45, 7) is 5.83. The molecule has 2 N–H and O–H groups in total. The second-order valence-corrected chi connectivity index (χ2v) is 6.64. The Kier molecular flexibility index (Phi) is 8.01. The lowest BCUT2D eigenvalue weighted by Gasteiger charge is -2.19. The van der Waals surface area contributed by atoms with E-state index in [1.54, 1.807) is 24.1 Å². The van der Waals surface area contributed by atoms with Gasteiger partial charge < -0.3 is 15.0 Å². The van der Waals surface area contributed by atoms with E-state index in [-0.39, 0.29) is 10.9 Å². The molecule has 0 aliphatic rings. The molecule has 0 fully saturated rings. The lowest BCUT2D eigenvalue weighted by Crippen LogP contribution is -2.34. The van der Waals surface area contributed by atoms with E-state index in [0.717, 1.165) is 0 Å². The van der Waals surface area contributed by atoms with Crippen LogP contribution >= 0.6 is 0 Å². The SMILES string of the molecule is CCN(CC)C(=O)Nc1ccc(S(=O)(=O)NCCCOC)cc1. The van der Waals surface area contributed by atoms with Gasteiger partial charge in [0, 0.05) is 39.0 Å². The van der Waals surface area contributed by atoms with Gasteiger partial charge in [0.15, 0.2) is 0 Å². The Morgan fingerprint density at radius 2 is 1.78 bits per heavy atom. The fourth-order valence-corrected chi connectivity index (χ4v) is 3.01. The number of carbonyl (C=O) groups is 1. The second kappa shape index (κ2) is 9.49. The highest BCUT2D eigenvalue weighted by Gasteiger charge is 2.14. The topological polar surface area (TPSA) is 87.7 Å². The zero-order valence-corrected chi connectivity index (χ0v) is 14.6. The van der Waals surface area contributed by atoms with Crippen LogP contribution in [0.4, 0.5) is 10.5 Å². The molecule has 0 saturated heterocycles. The minimum absolute atomic E-state index is 0.163. The van der Waals surface area contributed by atoms with Gasteiger partial charge in [-0.3, -0.25) is 0 Å². The molecule has 23 heavy (non-hydrogen) atoms. The molecule has 1 aromatic carbocycles. The summed E-state index contributed by atoms with van der Waals surface area (Å²) in [5.74, 6) is 0. The van der Waals surface area contributed by atoms with E-state index in [1.807, 2.05) is 13.8 Å². The number of benzene rings is 1. The molecule has 0 radical (unpaired) electrons.